The van der Waals surface area contributed by atoms with Crippen LogP contribution in [0.15, 0.2) is 78.7 Å². The van der Waals surface area contributed by atoms with Gasteiger partial charge in [-0.1, -0.05) is 54.1 Å². The van der Waals surface area contributed by atoms with Crippen molar-refractivity contribution in [3.05, 3.63) is 100 Å². The Kier molecular flexibility index (Phi) is 5.35. The lowest BCUT2D eigenvalue weighted by Crippen LogP contribution is -2.22. The summed E-state index contributed by atoms with van der Waals surface area (Å²) < 4.78 is 2.03. The molecular weight excluding hydrogens is 366 g/mol. The number of amides is 1. The van der Waals surface area contributed by atoms with E-state index in [2.05, 4.69) is 65.8 Å². The molecule has 0 aliphatic carbocycles. The quantitative estimate of drug-likeness (QED) is 0.512. The summed E-state index contributed by atoms with van der Waals surface area (Å²) in [4.78, 5) is 17.5. The molecule has 0 bridgehead atoms. The second kappa shape index (κ2) is 8.23. The van der Waals surface area contributed by atoms with Gasteiger partial charge in [-0.3, -0.25) is 4.79 Å². The lowest BCUT2D eigenvalue weighted by atomic mass is 10.0. The summed E-state index contributed by atoms with van der Waals surface area (Å²) in [6.45, 7) is 3.36. The highest BCUT2D eigenvalue weighted by molar-refractivity contribution is 7.12. The predicted octanol–water partition coefficient (Wildman–Crippen LogP) is 4.90. The van der Waals surface area contributed by atoms with Gasteiger partial charge in [-0.2, -0.15) is 0 Å². The standard InChI is InChI=1S/C23H21N3OS/c1-17-2-8-20(9-3-17)21-10-13-28-22(21)23(27)25-14-18-4-6-19(7-5-18)15-26-12-11-24-16-26/h2-13,16H,14-15H2,1H3,(H,25,27). The topological polar surface area (TPSA) is 46.9 Å². The maximum atomic E-state index is 12.7. The number of benzene rings is 2. The second-order valence-corrected chi connectivity index (χ2v) is 7.68. The zero-order chi connectivity index (χ0) is 19.3. The van der Waals surface area contributed by atoms with E-state index < -0.39 is 0 Å². The molecule has 0 aliphatic heterocycles. The molecule has 0 fully saturated rings. The van der Waals surface area contributed by atoms with E-state index in [9.17, 15) is 4.79 Å². The number of carbonyl (C=O) groups is 1. The fourth-order valence-corrected chi connectivity index (χ4v) is 3.89. The number of thiophene rings is 1. The Labute approximate surface area is 168 Å². The molecule has 4 aromatic rings. The van der Waals surface area contributed by atoms with Crippen molar-refractivity contribution in [2.75, 3.05) is 0 Å². The van der Waals surface area contributed by atoms with E-state index >= 15 is 0 Å². The molecule has 0 radical (unpaired) electrons. The Morgan fingerprint density at radius 2 is 1.79 bits per heavy atom. The van der Waals surface area contributed by atoms with Crippen LogP contribution in [0.1, 0.15) is 26.4 Å². The van der Waals surface area contributed by atoms with Gasteiger partial charge in [0.1, 0.15) is 0 Å². The van der Waals surface area contributed by atoms with Crippen molar-refractivity contribution in [2.45, 2.75) is 20.0 Å². The molecule has 0 unspecified atom stereocenters. The average Bonchev–Trinajstić information content (AvgIpc) is 3.40. The Hall–Kier alpha value is -3.18. The zero-order valence-corrected chi connectivity index (χ0v) is 16.4. The van der Waals surface area contributed by atoms with Gasteiger partial charge in [0, 0.05) is 31.0 Å². The highest BCUT2D eigenvalue weighted by Gasteiger charge is 2.14. The van der Waals surface area contributed by atoms with Crippen molar-refractivity contribution in [3.63, 3.8) is 0 Å². The summed E-state index contributed by atoms with van der Waals surface area (Å²) in [6, 6.07) is 18.6. The molecule has 2 aromatic heterocycles. The largest absolute Gasteiger partial charge is 0.347 e. The second-order valence-electron chi connectivity index (χ2n) is 6.76. The van der Waals surface area contributed by atoms with Crippen molar-refractivity contribution >= 4 is 17.2 Å². The van der Waals surface area contributed by atoms with Gasteiger partial charge in [-0.25, -0.2) is 4.98 Å². The van der Waals surface area contributed by atoms with Crippen molar-refractivity contribution < 1.29 is 4.79 Å². The lowest BCUT2D eigenvalue weighted by Gasteiger charge is -2.08. The summed E-state index contributed by atoms with van der Waals surface area (Å²) in [6.07, 6.45) is 5.53. The third kappa shape index (κ3) is 4.21. The molecular formula is C23H21N3OS. The van der Waals surface area contributed by atoms with E-state index in [0.717, 1.165) is 28.1 Å². The maximum Gasteiger partial charge on any atom is 0.262 e. The molecule has 5 heteroatoms. The van der Waals surface area contributed by atoms with Gasteiger partial charge < -0.3 is 9.88 Å². The number of nitrogens with one attached hydrogen (secondary N) is 1. The molecule has 0 saturated heterocycles. The first-order chi connectivity index (χ1) is 13.7. The van der Waals surface area contributed by atoms with Crippen molar-refractivity contribution in [1.82, 2.24) is 14.9 Å². The smallest absolute Gasteiger partial charge is 0.262 e. The minimum Gasteiger partial charge on any atom is -0.347 e. The lowest BCUT2D eigenvalue weighted by molar-refractivity contribution is 0.0955. The number of nitrogens with zero attached hydrogens (tertiary/aromatic N) is 2. The molecule has 28 heavy (non-hydrogen) atoms. The monoisotopic (exact) mass is 387 g/mol. The average molecular weight is 388 g/mol. The summed E-state index contributed by atoms with van der Waals surface area (Å²) in [5.41, 5.74) is 5.55. The fourth-order valence-electron chi connectivity index (χ4n) is 3.06. The van der Waals surface area contributed by atoms with E-state index in [1.54, 1.807) is 12.5 Å². The summed E-state index contributed by atoms with van der Waals surface area (Å²) in [7, 11) is 0. The van der Waals surface area contributed by atoms with Crippen LogP contribution < -0.4 is 5.32 Å². The van der Waals surface area contributed by atoms with Crippen molar-refractivity contribution in [3.8, 4) is 11.1 Å². The third-order valence-electron chi connectivity index (χ3n) is 4.63. The SMILES string of the molecule is Cc1ccc(-c2ccsc2C(=O)NCc2ccc(Cn3ccnc3)cc2)cc1. The molecule has 1 N–H and O–H groups in total. The molecule has 1 amide bonds. The van der Waals surface area contributed by atoms with Crippen LogP contribution in [0.3, 0.4) is 0 Å². The fraction of sp³-hybridized carbons (Fsp3) is 0.130. The van der Waals surface area contributed by atoms with Crippen molar-refractivity contribution in [2.24, 2.45) is 0 Å². The number of hydrogen-bond acceptors (Lipinski definition) is 3. The predicted molar refractivity (Wildman–Crippen MR) is 113 cm³/mol. The number of imidazole rings is 1. The first-order valence-electron chi connectivity index (χ1n) is 9.15. The van der Waals surface area contributed by atoms with Gasteiger partial charge in [0.15, 0.2) is 0 Å². The molecule has 4 nitrogen and oxygen atoms in total. The minimum atomic E-state index is -0.0342. The van der Waals surface area contributed by atoms with Crippen LogP contribution in [0, 0.1) is 6.92 Å². The van der Waals surface area contributed by atoms with Gasteiger partial charge in [0.2, 0.25) is 0 Å². The van der Waals surface area contributed by atoms with Crippen LogP contribution in [0.4, 0.5) is 0 Å². The first-order valence-corrected chi connectivity index (χ1v) is 10.0. The Bertz CT molecular complexity index is 1050. The van der Waals surface area contributed by atoms with E-state index in [0.29, 0.717) is 6.54 Å². The van der Waals surface area contributed by atoms with Crippen LogP contribution in [-0.4, -0.2) is 15.5 Å². The van der Waals surface area contributed by atoms with Gasteiger partial charge in [-0.05, 0) is 35.1 Å². The summed E-state index contributed by atoms with van der Waals surface area (Å²) >= 11 is 1.48. The number of aryl methyl sites for hydroxylation is 1. The van der Waals surface area contributed by atoms with Crippen LogP contribution in [0.2, 0.25) is 0 Å². The summed E-state index contributed by atoms with van der Waals surface area (Å²) in [5.74, 6) is -0.0342. The highest BCUT2D eigenvalue weighted by atomic mass is 32.1. The van der Waals surface area contributed by atoms with E-state index in [1.807, 2.05) is 22.2 Å². The van der Waals surface area contributed by atoms with Crippen molar-refractivity contribution in [1.29, 1.82) is 0 Å². The van der Waals surface area contributed by atoms with E-state index in [-0.39, 0.29) is 5.91 Å². The molecule has 0 aliphatic rings. The number of carbonyl (C=O) groups excluding carboxylic acids is 1. The molecule has 2 aromatic carbocycles. The number of rotatable bonds is 6. The van der Waals surface area contributed by atoms with Gasteiger partial charge in [0.25, 0.3) is 5.91 Å². The van der Waals surface area contributed by atoms with Crippen LogP contribution >= 0.6 is 11.3 Å². The van der Waals surface area contributed by atoms with Gasteiger partial charge >= 0.3 is 0 Å². The zero-order valence-electron chi connectivity index (χ0n) is 15.6. The molecule has 4 rings (SSSR count). The Morgan fingerprint density at radius 3 is 2.50 bits per heavy atom. The third-order valence-corrected chi connectivity index (χ3v) is 5.55. The first kappa shape index (κ1) is 18.2. The van der Waals surface area contributed by atoms with Crippen LogP contribution in [0.25, 0.3) is 11.1 Å². The van der Waals surface area contributed by atoms with Crippen LogP contribution in [0.5, 0.6) is 0 Å². The van der Waals surface area contributed by atoms with E-state index in [4.69, 9.17) is 0 Å². The molecule has 2 heterocycles. The van der Waals surface area contributed by atoms with Gasteiger partial charge in [-0.15, -0.1) is 11.3 Å². The molecule has 140 valence electrons. The highest BCUT2D eigenvalue weighted by Crippen LogP contribution is 2.28. The van der Waals surface area contributed by atoms with E-state index in [1.165, 1.54) is 22.5 Å². The number of hydrogen-bond donors (Lipinski definition) is 1. The maximum absolute atomic E-state index is 12.7. The molecule has 0 atom stereocenters. The Balaban J connectivity index is 1.40. The van der Waals surface area contributed by atoms with Gasteiger partial charge in [0.05, 0.1) is 11.2 Å². The normalized spacial score (nSPS) is 10.8. The number of aromatic nitrogens is 2. The van der Waals surface area contributed by atoms with Crippen LogP contribution in [-0.2, 0) is 13.1 Å². The Morgan fingerprint density at radius 1 is 1.04 bits per heavy atom. The summed E-state index contributed by atoms with van der Waals surface area (Å²) in [5, 5.41) is 5.01. The molecule has 0 spiro atoms. The molecule has 0 saturated carbocycles. The minimum absolute atomic E-state index is 0.0342.